The van der Waals surface area contributed by atoms with Crippen LogP contribution in [0.2, 0.25) is 0 Å². The molecule has 0 fully saturated rings. The van der Waals surface area contributed by atoms with Gasteiger partial charge < -0.3 is 23.4 Å². The van der Waals surface area contributed by atoms with Crippen LogP contribution in [-0.4, -0.2) is 38.9 Å². The molecule has 0 radical (unpaired) electrons. The number of anilines is 1. The van der Waals surface area contributed by atoms with E-state index in [9.17, 15) is 14.4 Å². The van der Waals surface area contributed by atoms with E-state index < -0.39 is 17.8 Å². The van der Waals surface area contributed by atoms with Gasteiger partial charge in [0.1, 0.15) is 16.9 Å². The number of furan rings is 1. The number of aryl methyl sites for hydroxylation is 1. The zero-order valence-corrected chi connectivity index (χ0v) is 14.2. The molecule has 136 valence electrons. The number of carbonyl (C=O) groups is 3. The molecule has 1 aromatic heterocycles. The van der Waals surface area contributed by atoms with Gasteiger partial charge in [-0.05, 0) is 25.1 Å². The van der Waals surface area contributed by atoms with Crippen molar-refractivity contribution in [3.05, 3.63) is 40.6 Å². The highest BCUT2D eigenvalue weighted by molar-refractivity contribution is 6.11. The molecule has 9 heteroatoms. The average molecular weight is 361 g/mol. The largest absolute Gasteiger partial charge is 0.465 e. The lowest BCUT2D eigenvalue weighted by Gasteiger charge is -2.06. The van der Waals surface area contributed by atoms with Crippen molar-refractivity contribution in [3.8, 4) is 11.5 Å². The van der Waals surface area contributed by atoms with Crippen molar-refractivity contribution in [2.45, 2.75) is 6.92 Å². The summed E-state index contributed by atoms with van der Waals surface area (Å²) in [5.74, 6) is -1.34. The molecule has 0 saturated heterocycles. The van der Waals surface area contributed by atoms with Gasteiger partial charge >= 0.3 is 11.9 Å². The summed E-state index contributed by atoms with van der Waals surface area (Å²) in [6.07, 6.45) is 0. The van der Waals surface area contributed by atoms with Crippen LogP contribution in [0, 0.1) is 6.92 Å². The van der Waals surface area contributed by atoms with E-state index in [1.807, 2.05) is 0 Å². The second-order valence-electron chi connectivity index (χ2n) is 5.24. The summed E-state index contributed by atoms with van der Waals surface area (Å²) in [5.41, 5.74) is -0.0787. The Morgan fingerprint density at radius 3 is 2.35 bits per heavy atom. The van der Waals surface area contributed by atoms with Crippen LogP contribution >= 0.6 is 0 Å². The quantitative estimate of drug-likeness (QED) is 0.824. The number of rotatable bonds is 4. The van der Waals surface area contributed by atoms with Crippen LogP contribution in [0.1, 0.15) is 36.8 Å². The van der Waals surface area contributed by atoms with Crippen LogP contribution in [0.4, 0.5) is 5.88 Å². The van der Waals surface area contributed by atoms with Gasteiger partial charge in [-0.2, -0.15) is 0 Å². The first-order valence-corrected chi connectivity index (χ1v) is 7.47. The fourth-order valence-corrected chi connectivity index (χ4v) is 2.49. The number of benzene rings is 1. The monoisotopic (exact) mass is 361 g/mol. The fourth-order valence-electron chi connectivity index (χ4n) is 2.49. The third-order valence-corrected chi connectivity index (χ3v) is 3.73. The lowest BCUT2D eigenvalue weighted by molar-refractivity contribution is 0.0556. The first kappa shape index (κ1) is 17.3. The maximum absolute atomic E-state index is 12.5. The van der Waals surface area contributed by atoms with Crippen LogP contribution in [0.25, 0.3) is 0 Å². The van der Waals surface area contributed by atoms with E-state index in [1.54, 1.807) is 6.07 Å². The first-order valence-electron chi connectivity index (χ1n) is 7.47. The molecule has 26 heavy (non-hydrogen) atoms. The Bertz CT molecular complexity index is 898. The van der Waals surface area contributed by atoms with Crippen LogP contribution < -0.4 is 14.8 Å². The number of ether oxygens (including phenoxy) is 4. The molecular weight excluding hydrogens is 346 g/mol. The van der Waals surface area contributed by atoms with Gasteiger partial charge in [0.05, 0.1) is 14.2 Å². The average Bonchev–Trinajstić information content (AvgIpc) is 3.23. The summed E-state index contributed by atoms with van der Waals surface area (Å²) in [5, 5.41) is 2.46. The van der Waals surface area contributed by atoms with Crippen LogP contribution in [-0.2, 0) is 9.47 Å². The van der Waals surface area contributed by atoms with E-state index in [-0.39, 0.29) is 35.1 Å². The molecular formula is C17H15NO8. The molecule has 0 saturated carbocycles. The molecule has 0 spiro atoms. The molecule has 0 aliphatic carbocycles. The highest BCUT2D eigenvalue weighted by atomic mass is 16.7. The van der Waals surface area contributed by atoms with Gasteiger partial charge in [0.25, 0.3) is 5.91 Å². The second kappa shape index (κ2) is 6.79. The Labute approximate surface area is 147 Å². The highest BCUT2D eigenvalue weighted by Gasteiger charge is 2.31. The smallest absolute Gasteiger partial charge is 0.344 e. The number of amides is 1. The number of esters is 2. The van der Waals surface area contributed by atoms with Crippen molar-refractivity contribution >= 4 is 23.7 Å². The summed E-state index contributed by atoms with van der Waals surface area (Å²) in [7, 11) is 2.32. The van der Waals surface area contributed by atoms with Crippen molar-refractivity contribution in [3.63, 3.8) is 0 Å². The van der Waals surface area contributed by atoms with E-state index in [0.29, 0.717) is 11.5 Å². The minimum absolute atomic E-state index is 0.0762. The van der Waals surface area contributed by atoms with E-state index in [2.05, 4.69) is 14.8 Å². The molecule has 2 heterocycles. The van der Waals surface area contributed by atoms with E-state index in [0.717, 1.165) is 7.11 Å². The molecule has 2 aromatic rings. The fraction of sp³-hybridized carbons (Fsp3) is 0.235. The van der Waals surface area contributed by atoms with Crippen molar-refractivity contribution < 1.29 is 37.7 Å². The molecule has 0 bridgehead atoms. The first-order chi connectivity index (χ1) is 12.5. The lowest BCUT2D eigenvalue weighted by atomic mass is 10.1. The minimum atomic E-state index is -0.844. The third-order valence-electron chi connectivity index (χ3n) is 3.73. The summed E-state index contributed by atoms with van der Waals surface area (Å²) in [6, 6.07) is 4.61. The van der Waals surface area contributed by atoms with Crippen LogP contribution in [0.15, 0.2) is 22.6 Å². The maximum atomic E-state index is 12.5. The second-order valence-corrected chi connectivity index (χ2v) is 5.24. The van der Waals surface area contributed by atoms with Gasteiger partial charge in [-0.25, -0.2) is 9.59 Å². The Kier molecular flexibility index (Phi) is 4.53. The normalized spacial score (nSPS) is 11.8. The Hall–Kier alpha value is -3.49. The van der Waals surface area contributed by atoms with Crippen LogP contribution in [0.3, 0.4) is 0 Å². The van der Waals surface area contributed by atoms with Gasteiger partial charge in [-0.3, -0.25) is 10.1 Å². The maximum Gasteiger partial charge on any atom is 0.344 e. The Morgan fingerprint density at radius 2 is 1.65 bits per heavy atom. The summed E-state index contributed by atoms with van der Waals surface area (Å²) in [4.78, 5) is 36.5. The number of methoxy groups -OCH3 is 2. The Morgan fingerprint density at radius 1 is 1.00 bits per heavy atom. The molecule has 0 unspecified atom stereocenters. The summed E-state index contributed by atoms with van der Waals surface area (Å²) < 4.78 is 25.1. The predicted octanol–water partition coefficient (Wildman–Crippen LogP) is 2.14. The standard InChI is InChI=1S/C17H15NO8/c1-8-12(16(20)22-2)13(17(21)23-3)15(26-8)18-14(19)9-4-5-10-11(6-9)25-7-24-10/h4-6H,7H2,1-3H3,(H,18,19). The highest BCUT2D eigenvalue weighted by Crippen LogP contribution is 2.33. The van der Waals surface area contributed by atoms with Crippen molar-refractivity contribution in [1.29, 1.82) is 0 Å². The SMILES string of the molecule is COC(=O)c1c(C)oc(NC(=O)c2ccc3c(c2)OCO3)c1C(=O)OC. The molecule has 1 aliphatic rings. The number of hydrogen-bond acceptors (Lipinski definition) is 8. The van der Waals surface area contributed by atoms with E-state index in [1.165, 1.54) is 26.2 Å². The van der Waals surface area contributed by atoms with Gasteiger partial charge in [0.2, 0.25) is 12.7 Å². The third kappa shape index (κ3) is 2.94. The molecule has 1 amide bonds. The minimum Gasteiger partial charge on any atom is -0.465 e. The molecule has 3 rings (SSSR count). The molecule has 1 N–H and O–H groups in total. The summed E-state index contributed by atoms with van der Waals surface area (Å²) >= 11 is 0. The van der Waals surface area contributed by atoms with Gasteiger partial charge in [0.15, 0.2) is 11.5 Å². The van der Waals surface area contributed by atoms with Gasteiger partial charge in [-0.1, -0.05) is 0 Å². The van der Waals surface area contributed by atoms with Gasteiger partial charge in [0, 0.05) is 5.56 Å². The zero-order valence-electron chi connectivity index (χ0n) is 14.2. The number of carbonyl (C=O) groups excluding carboxylic acids is 3. The zero-order chi connectivity index (χ0) is 18.8. The van der Waals surface area contributed by atoms with Gasteiger partial charge in [-0.15, -0.1) is 0 Å². The van der Waals surface area contributed by atoms with Crippen LogP contribution in [0.5, 0.6) is 11.5 Å². The van der Waals surface area contributed by atoms with Crippen molar-refractivity contribution in [2.24, 2.45) is 0 Å². The molecule has 1 aliphatic heterocycles. The molecule has 9 nitrogen and oxygen atoms in total. The molecule has 1 aromatic carbocycles. The number of hydrogen-bond donors (Lipinski definition) is 1. The van der Waals surface area contributed by atoms with E-state index >= 15 is 0 Å². The topological polar surface area (TPSA) is 113 Å². The lowest BCUT2D eigenvalue weighted by Crippen LogP contribution is -2.16. The predicted molar refractivity (Wildman–Crippen MR) is 86.6 cm³/mol. The number of fused-ring (bicyclic) bond motifs is 1. The molecule has 0 atom stereocenters. The van der Waals surface area contributed by atoms with E-state index in [4.69, 9.17) is 13.9 Å². The van der Waals surface area contributed by atoms with Crippen molar-refractivity contribution in [1.82, 2.24) is 0 Å². The van der Waals surface area contributed by atoms with Crippen molar-refractivity contribution in [2.75, 3.05) is 26.3 Å². The number of nitrogens with one attached hydrogen (secondary N) is 1. The summed E-state index contributed by atoms with van der Waals surface area (Å²) in [6.45, 7) is 1.54. The Balaban J connectivity index is 1.95.